The number of hydrogen-bond donors (Lipinski definition) is 3. The van der Waals surface area contributed by atoms with Gasteiger partial charge in [-0.25, -0.2) is 8.78 Å². The second-order valence-corrected chi connectivity index (χ2v) is 5.53. The molecule has 2 heterocycles. The van der Waals surface area contributed by atoms with Gasteiger partial charge in [-0.2, -0.15) is 5.16 Å². The van der Waals surface area contributed by atoms with Gasteiger partial charge in [0.1, 0.15) is 17.4 Å². The standard InChI is InChI=1S/C14H14F2N2O2.C2H4O2/c15-9-1-2-10(11(16)6-9)12-5-8(3-4-17-12)13-7-14(19)18-20-13;1-2(3)4/h1-2,6-8,12,17H,3-5H2,(H,18,19);1H3,(H,3,4)/t8-,12+;/m0./s1. The van der Waals surface area contributed by atoms with Crippen molar-refractivity contribution in [1.29, 1.82) is 0 Å². The molecule has 0 saturated carbocycles. The zero-order valence-corrected chi connectivity index (χ0v) is 13.0. The van der Waals surface area contributed by atoms with E-state index in [0.717, 1.165) is 19.4 Å². The molecule has 0 aliphatic carbocycles. The fourth-order valence-corrected chi connectivity index (χ4v) is 2.70. The number of rotatable bonds is 2. The van der Waals surface area contributed by atoms with E-state index in [-0.39, 0.29) is 17.5 Å². The minimum absolute atomic E-state index is 0.0460. The first-order valence-electron chi connectivity index (χ1n) is 7.43. The van der Waals surface area contributed by atoms with Gasteiger partial charge in [0, 0.05) is 36.6 Å². The van der Waals surface area contributed by atoms with E-state index in [0.29, 0.717) is 24.3 Å². The Hall–Kier alpha value is -2.48. The number of benzene rings is 1. The van der Waals surface area contributed by atoms with Gasteiger partial charge < -0.3 is 14.9 Å². The summed E-state index contributed by atoms with van der Waals surface area (Å²) in [5.41, 5.74) is 0.164. The molecule has 130 valence electrons. The van der Waals surface area contributed by atoms with Gasteiger partial charge in [0.15, 0.2) is 0 Å². The third kappa shape index (κ3) is 4.76. The Morgan fingerprint density at radius 1 is 1.33 bits per heavy atom. The van der Waals surface area contributed by atoms with Gasteiger partial charge in [-0.3, -0.25) is 9.59 Å². The first-order chi connectivity index (χ1) is 11.4. The molecule has 2 aromatic rings. The number of halogens is 2. The van der Waals surface area contributed by atoms with E-state index >= 15 is 0 Å². The minimum atomic E-state index is -0.833. The maximum Gasteiger partial charge on any atom is 0.300 e. The topological polar surface area (TPSA) is 95.3 Å². The average Bonchev–Trinajstić information content (AvgIpc) is 2.93. The van der Waals surface area contributed by atoms with Gasteiger partial charge in [0.2, 0.25) is 0 Å². The lowest BCUT2D eigenvalue weighted by molar-refractivity contribution is -0.134. The SMILES string of the molecule is CC(=O)O.O=c1cc([C@H]2CCN[C@@H](c3ccc(F)cc3F)C2)o[nH]1. The molecule has 6 nitrogen and oxygen atoms in total. The first-order valence-corrected chi connectivity index (χ1v) is 7.43. The number of H-pyrrole nitrogens is 1. The summed E-state index contributed by atoms with van der Waals surface area (Å²) in [6, 6.07) is 4.80. The number of hydrogen-bond acceptors (Lipinski definition) is 4. The van der Waals surface area contributed by atoms with Crippen LogP contribution in [0.4, 0.5) is 8.78 Å². The van der Waals surface area contributed by atoms with Crippen LogP contribution in [-0.2, 0) is 4.79 Å². The van der Waals surface area contributed by atoms with E-state index in [4.69, 9.17) is 14.4 Å². The van der Waals surface area contributed by atoms with E-state index in [1.54, 1.807) is 0 Å². The Labute approximate surface area is 136 Å². The first kappa shape index (κ1) is 17.9. The smallest absolute Gasteiger partial charge is 0.300 e. The van der Waals surface area contributed by atoms with Crippen LogP contribution in [0.2, 0.25) is 0 Å². The quantitative estimate of drug-likeness (QED) is 0.781. The van der Waals surface area contributed by atoms with Crippen LogP contribution in [0.5, 0.6) is 0 Å². The van der Waals surface area contributed by atoms with Crippen LogP contribution in [0, 0.1) is 11.6 Å². The molecule has 1 aromatic carbocycles. The second-order valence-electron chi connectivity index (χ2n) is 5.53. The molecule has 3 rings (SSSR count). The Morgan fingerprint density at radius 2 is 2.04 bits per heavy atom. The lowest BCUT2D eigenvalue weighted by Gasteiger charge is -2.29. The number of carboxylic acid groups (broad SMARTS) is 1. The molecule has 1 aliphatic rings. The molecule has 8 heteroatoms. The number of aromatic nitrogens is 1. The lowest BCUT2D eigenvalue weighted by atomic mass is 9.87. The van der Waals surface area contributed by atoms with Crippen molar-refractivity contribution in [1.82, 2.24) is 10.5 Å². The summed E-state index contributed by atoms with van der Waals surface area (Å²) in [5, 5.41) is 12.9. The Morgan fingerprint density at radius 3 is 2.62 bits per heavy atom. The molecule has 0 amide bonds. The third-order valence-electron chi connectivity index (χ3n) is 3.69. The van der Waals surface area contributed by atoms with Crippen molar-refractivity contribution in [3.05, 3.63) is 57.6 Å². The van der Waals surface area contributed by atoms with Gasteiger partial charge in [-0.15, -0.1) is 0 Å². The third-order valence-corrected chi connectivity index (χ3v) is 3.69. The Bertz CT molecular complexity index is 753. The molecule has 24 heavy (non-hydrogen) atoms. The molecule has 0 unspecified atom stereocenters. The molecule has 3 N–H and O–H groups in total. The largest absolute Gasteiger partial charge is 0.481 e. The summed E-state index contributed by atoms with van der Waals surface area (Å²) < 4.78 is 31.9. The van der Waals surface area contributed by atoms with Gasteiger partial charge >= 0.3 is 0 Å². The van der Waals surface area contributed by atoms with Gasteiger partial charge in [-0.05, 0) is 25.5 Å². The number of aromatic amines is 1. The summed E-state index contributed by atoms with van der Waals surface area (Å²) >= 11 is 0. The van der Waals surface area contributed by atoms with E-state index in [9.17, 15) is 13.6 Å². The van der Waals surface area contributed by atoms with E-state index in [1.807, 2.05) is 0 Å². The summed E-state index contributed by atoms with van der Waals surface area (Å²) in [4.78, 5) is 20.1. The fraction of sp³-hybridized carbons (Fsp3) is 0.375. The van der Waals surface area contributed by atoms with Crippen molar-refractivity contribution < 1.29 is 23.2 Å². The van der Waals surface area contributed by atoms with Crippen molar-refractivity contribution >= 4 is 5.97 Å². The number of piperidine rings is 1. The van der Waals surface area contributed by atoms with Crippen molar-refractivity contribution in [2.24, 2.45) is 0 Å². The normalized spacial score (nSPS) is 20.1. The summed E-state index contributed by atoms with van der Waals surface area (Å²) in [6.45, 7) is 1.76. The molecule has 1 aromatic heterocycles. The highest BCUT2D eigenvalue weighted by Gasteiger charge is 2.28. The zero-order chi connectivity index (χ0) is 17.7. The molecular weight excluding hydrogens is 322 g/mol. The second kappa shape index (κ2) is 7.87. The highest BCUT2D eigenvalue weighted by atomic mass is 19.1. The maximum absolute atomic E-state index is 13.8. The van der Waals surface area contributed by atoms with Crippen LogP contribution >= 0.6 is 0 Å². The minimum Gasteiger partial charge on any atom is -0.481 e. The van der Waals surface area contributed by atoms with Gasteiger partial charge in [0.05, 0.1) is 0 Å². The molecule has 1 aliphatic heterocycles. The lowest BCUT2D eigenvalue weighted by Crippen LogP contribution is -2.31. The van der Waals surface area contributed by atoms with Crippen molar-refractivity contribution in [3.8, 4) is 0 Å². The monoisotopic (exact) mass is 340 g/mol. The molecule has 1 saturated heterocycles. The molecule has 0 bridgehead atoms. The number of aliphatic carboxylic acids is 1. The van der Waals surface area contributed by atoms with E-state index in [1.165, 1.54) is 18.2 Å². The summed E-state index contributed by atoms with van der Waals surface area (Å²) in [7, 11) is 0. The fourth-order valence-electron chi connectivity index (χ4n) is 2.70. The molecule has 1 fully saturated rings. The molecule has 2 atom stereocenters. The van der Waals surface area contributed by atoms with Crippen LogP contribution in [0.15, 0.2) is 33.6 Å². The van der Waals surface area contributed by atoms with E-state index < -0.39 is 17.6 Å². The van der Waals surface area contributed by atoms with Crippen LogP contribution in [0.1, 0.15) is 43.0 Å². The average molecular weight is 340 g/mol. The van der Waals surface area contributed by atoms with Crippen molar-refractivity contribution in [2.75, 3.05) is 6.54 Å². The summed E-state index contributed by atoms with van der Waals surface area (Å²) in [6.07, 6.45) is 1.41. The number of carboxylic acids is 1. The molecule has 0 radical (unpaired) electrons. The van der Waals surface area contributed by atoms with Gasteiger partial charge in [-0.1, -0.05) is 6.07 Å². The predicted octanol–water partition coefficient (Wildman–Crippen LogP) is 2.55. The highest BCUT2D eigenvalue weighted by molar-refractivity contribution is 5.62. The number of carbonyl (C=O) groups is 1. The zero-order valence-electron chi connectivity index (χ0n) is 13.0. The molecular formula is C16H18F2N2O4. The maximum atomic E-state index is 13.8. The predicted molar refractivity (Wildman–Crippen MR) is 81.7 cm³/mol. The Balaban J connectivity index is 0.000000471. The van der Waals surface area contributed by atoms with Crippen molar-refractivity contribution in [3.63, 3.8) is 0 Å². The summed E-state index contributed by atoms with van der Waals surface area (Å²) in [5.74, 6) is -1.34. The van der Waals surface area contributed by atoms with E-state index in [2.05, 4.69) is 10.5 Å². The van der Waals surface area contributed by atoms with Crippen LogP contribution in [0.3, 0.4) is 0 Å². The Kier molecular flexibility index (Phi) is 5.86. The number of nitrogens with one attached hydrogen (secondary N) is 2. The highest BCUT2D eigenvalue weighted by Crippen LogP contribution is 2.34. The van der Waals surface area contributed by atoms with Crippen LogP contribution < -0.4 is 10.9 Å². The van der Waals surface area contributed by atoms with Gasteiger partial charge in [0.25, 0.3) is 11.5 Å². The van der Waals surface area contributed by atoms with Crippen LogP contribution in [0.25, 0.3) is 0 Å². The molecule has 0 spiro atoms. The van der Waals surface area contributed by atoms with Crippen LogP contribution in [-0.4, -0.2) is 22.8 Å². The van der Waals surface area contributed by atoms with Crippen molar-refractivity contribution in [2.45, 2.75) is 31.7 Å².